The number of carbonyl (C=O) groups is 2. The predicted molar refractivity (Wildman–Crippen MR) is 153 cm³/mol. The maximum Gasteiger partial charge on any atom is 0.253 e. The summed E-state index contributed by atoms with van der Waals surface area (Å²) >= 11 is 3.39. The number of amides is 2. The first kappa shape index (κ1) is 25.9. The van der Waals surface area contributed by atoms with E-state index in [0.29, 0.717) is 37.4 Å². The van der Waals surface area contributed by atoms with Crippen LogP contribution >= 0.6 is 15.9 Å². The van der Waals surface area contributed by atoms with Gasteiger partial charge in [-0.25, -0.2) is 8.42 Å². The van der Waals surface area contributed by atoms with Crippen molar-refractivity contribution in [3.05, 3.63) is 101 Å². The molecule has 0 spiro atoms. The minimum absolute atomic E-state index is 0.0221. The molecule has 1 aliphatic heterocycles. The highest BCUT2D eigenvalue weighted by molar-refractivity contribution is 9.10. The van der Waals surface area contributed by atoms with Crippen LogP contribution in [0.3, 0.4) is 0 Å². The second-order valence-corrected chi connectivity index (χ2v) is 12.1. The standard InChI is InChI=1S/C29H26BrN3O4S/c30-24-8-5-22(6-9-24)29(35)33-17-15-32(16-18-33)26-12-10-25(11-13-26)31-28(34)20-38(36,37)27-14-7-21-3-1-2-4-23(21)19-27/h1-14,19H,15-18,20H2,(H,31,34). The number of benzene rings is 4. The van der Waals surface area contributed by atoms with Gasteiger partial charge in [-0.1, -0.05) is 46.3 Å². The molecule has 1 heterocycles. The van der Waals surface area contributed by atoms with Crippen molar-refractivity contribution in [2.45, 2.75) is 4.90 Å². The zero-order valence-corrected chi connectivity index (χ0v) is 22.9. The largest absolute Gasteiger partial charge is 0.368 e. The molecule has 1 fully saturated rings. The van der Waals surface area contributed by atoms with Crippen LogP contribution in [0.5, 0.6) is 0 Å². The lowest BCUT2D eigenvalue weighted by molar-refractivity contribution is -0.113. The minimum Gasteiger partial charge on any atom is -0.368 e. The predicted octanol–water partition coefficient (Wildman–Crippen LogP) is 4.98. The summed E-state index contributed by atoms with van der Waals surface area (Å²) in [6.45, 7) is 2.61. The number of carbonyl (C=O) groups excluding carboxylic acids is 2. The van der Waals surface area contributed by atoms with Gasteiger partial charge in [-0.3, -0.25) is 9.59 Å². The number of anilines is 2. The van der Waals surface area contributed by atoms with E-state index in [1.165, 1.54) is 6.07 Å². The highest BCUT2D eigenvalue weighted by Crippen LogP contribution is 2.22. The first-order valence-electron chi connectivity index (χ1n) is 12.2. The number of halogens is 1. The Labute approximate surface area is 230 Å². The maximum absolute atomic E-state index is 12.8. The van der Waals surface area contributed by atoms with Gasteiger partial charge in [-0.05, 0) is 71.4 Å². The Kier molecular flexibility index (Phi) is 7.49. The zero-order valence-electron chi connectivity index (χ0n) is 20.5. The maximum atomic E-state index is 12.8. The molecule has 194 valence electrons. The van der Waals surface area contributed by atoms with Crippen LogP contribution < -0.4 is 10.2 Å². The fourth-order valence-corrected chi connectivity index (χ4v) is 5.94. The Hall–Kier alpha value is -3.69. The molecule has 1 N–H and O–H groups in total. The van der Waals surface area contributed by atoms with Gasteiger partial charge in [0.15, 0.2) is 9.84 Å². The number of nitrogens with zero attached hydrogens (tertiary/aromatic N) is 2. The van der Waals surface area contributed by atoms with Crippen LogP contribution in [-0.4, -0.2) is 57.1 Å². The summed E-state index contributed by atoms with van der Waals surface area (Å²) in [6, 6.07) is 27.0. The van der Waals surface area contributed by atoms with Gasteiger partial charge in [-0.2, -0.15) is 0 Å². The van der Waals surface area contributed by atoms with Gasteiger partial charge in [0.2, 0.25) is 5.91 Å². The van der Waals surface area contributed by atoms with E-state index in [1.54, 1.807) is 24.3 Å². The van der Waals surface area contributed by atoms with Crippen molar-refractivity contribution in [3.63, 3.8) is 0 Å². The van der Waals surface area contributed by atoms with Crippen molar-refractivity contribution in [1.29, 1.82) is 0 Å². The molecule has 4 aromatic carbocycles. The highest BCUT2D eigenvalue weighted by Gasteiger charge is 2.23. The Morgan fingerprint density at radius 2 is 1.45 bits per heavy atom. The summed E-state index contributed by atoms with van der Waals surface area (Å²) in [5.74, 6) is -1.21. The third-order valence-corrected chi connectivity index (χ3v) is 8.72. The van der Waals surface area contributed by atoms with E-state index < -0.39 is 21.5 Å². The summed E-state index contributed by atoms with van der Waals surface area (Å²) in [5, 5.41) is 4.43. The molecule has 0 aliphatic carbocycles. The van der Waals surface area contributed by atoms with Gasteiger partial charge in [0.1, 0.15) is 5.75 Å². The monoisotopic (exact) mass is 591 g/mol. The van der Waals surface area contributed by atoms with E-state index >= 15 is 0 Å². The molecule has 9 heteroatoms. The number of hydrogen-bond acceptors (Lipinski definition) is 5. The lowest BCUT2D eigenvalue weighted by atomic mass is 10.1. The molecule has 1 saturated heterocycles. The Balaban J connectivity index is 1.16. The number of sulfone groups is 1. The van der Waals surface area contributed by atoms with Crippen molar-refractivity contribution in [2.24, 2.45) is 0 Å². The van der Waals surface area contributed by atoms with E-state index in [4.69, 9.17) is 0 Å². The summed E-state index contributed by atoms with van der Waals surface area (Å²) in [7, 11) is -3.79. The van der Waals surface area contributed by atoms with Crippen LogP contribution in [-0.2, 0) is 14.6 Å². The van der Waals surface area contributed by atoms with Gasteiger partial charge in [0.25, 0.3) is 5.91 Å². The Morgan fingerprint density at radius 3 is 2.13 bits per heavy atom. The Morgan fingerprint density at radius 1 is 0.789 bits per heavy atom. The van der Waals surface area contributed by atoms with Crippen molar-refractivity contribution in [1.82, 2.24) is 4.90 Å². The molecule has 0 radical (unpaired) electrons. The average Bonchev–Trinajstić information content (AvgIpc) is 2.93. The molecule has 0 bridgehead atoms. The quantitative estimate of drug-likeness (QED) is 0.342. The van der Waals surface area contributed by atoms with E-state index in [1.807, 2.05) is 65.6 Å². The van der Waals surface area contributed by atoms with Gasteiger partial charge in [0, 0.05) is 47.6 Å². The third kappa shape index (κ3) is 5.89. The smallest absolute Gasteiger partial charge is 0.253 e. The SMILES string of the molecule is O=C(CS(=O)(=O)c1ccc2ccccc2c1)Nc1ccc(N2CCN(C(=O)c3ccc(Br)cc3)CC2)cc1. The molecule has 2 amide bonds. The van der Waals surface area contributed by atoms with Crippen LogP contribution in [0, 0.1) is 0 Å². The molecule has 4 aromatic rings. The number of hydrogen-bond donors (Lipinski definition) is 1. The summed E-state index contributed by atoms with van der Waals surface area (Å²) in [5.41, 5.74) is 2.17. The van der Waals surface area contributed by atoms with Crippen molar-refractivity contribution in [3.8, 4) is 0 Å². The fourth-order valence-electron chi connectivity index (χ4n) is 4.51. The second-order valence-electron chi connectivity index (χ2n) is 9.15. The van der Waals surface area contributed by atoms with Crippen LogP contribution in [0.1, 0.15) is 10.4 Å². The fraction of sp³-hybridized carbons (Fsp3) is 0.172. The highest BCUT2D eigenvalue weighted by atomic mass is 79.9. The molecule has 0 aromatic heterocycles. The van der Waals surface area contributed by atoms with Gasteiger partial charge >= 0.3 is 0 Å². The zero-order chi connectivity index (χ0) is 26.7. The van der Waals surface area contributed by atoms with Gasteiger partial charge in [0.05, 0.1) is 4.90 Å². The molecular formula is C29H26BrN3O4S. The van der Waals surface area contributed by atoms with Gasteiger partial charge < -0.3 is 15.1 Å². The summed E-state index contributed by atoms with van der Waals surface area (Å²) in [6.07, 6.45) is 0. The third-order valence-electron chi connectivity index (χ3n) is 6.58. The number of piperazine rings is 1. The first-order chi connectivity index (χ1) is 18.3. The average molecular weight is 593 g/mol. The van der Waals surface area contributed by atoms with Crippen molar-refractivity contribution < 1.29 is 18.0 Å². The van der Waals surface area contributed by atoms with Crippen LogP contribution in [0.4, 0.5) is 11.4 Å². The van der Waals surface area contributed by atoms with E-state index in [2.05, 4.69) is 26.1 Å². The van der Waals surface area contributed by atoms with Crippen molar-refractivity contribution >= 4 is 59.7 Å². The molecule has 38 heavy (non-hydrogen) atoms. The van der Waals surface area contributed by atoms with Crippen LogP contribution in [0.2, 0.25) is 0 Å². The topological polar surface area (TPSA) is 86.8 Å². The number of fused-ring (bicyclic) bond motifs is 1. The summed E-state index contributed by atoms with van der Waals surface area (Å²) < 4.78 is 26.6. The van der Waals surface area contributed by atoms with E-state index in [0.717, 1.165) is 20.9 Å². The molecule has 0 unspecified atom stereocenters. The van der Waals surface area contributed by atoms with Gasteiger partial charge in [-0.15, -0.1) is 0 Å². The lowest BCUT2D eigenvalue weighted by Gasteiger charge is -2.36. The minimum atomic E-state index is -3.79. The van der Waals surface area contributed by atoms with Crippen molar-refractivity contribution in [2.75, 3.05) is 42.1 Å². The molecule has 1 aliphatic rings. The normalized spacial score (nSPS) is 13.9. The first-order valence-corrected chi connectivity index (χ1v) is 14.6. The molecule has 5 rings (SSSR count). The van der Waals surface area contributed by atoms with Crippen LogP contribution in [0.25, 0.3) is 10.8 Å². The Bertz CT molecular complexity index is 1580. The number of nitrogens with one attached hydrogen (secondary N) is 1. The number of rotatable bonds is 6. The molecule has 0 atom stereocenters. The second kappa shape index (κ2) is 11.0. The van der Waals surface area contributed by atoms with Crippen LogP contribution in [0.15, 0.2) is 100 Å². The molecule has 7 nitrogen and oxygen atoms in total. The summed E-state index contributed by atoms with van der Waals surface area (Å²) in [4.78, 5) is 29.5. The van der Waals surface area contributed by atoms with E-state index in [-0.39, 0.29) is 10.8 Å². The molecule has 0 saturated carbocycles. The molecular weight excluding hydrogens is 566 g/mol. The van der Waals surface area contributed by atoms with E-state index in [9.17, 15) is 18.0 Å². The lowest BCUT2D eigenvalue weighted by Crippen LogP contribution is -2.48.